The van der Waals surface area contributed by atoms with Crippen LogP contribution in [0, 0.1) is 12.8 Å². The molecule has 0 saturated carbocycles. The summed E-state index contributed by atoms with van der Waals surface area (Å²) in [5.74, 6) is 0.335. The van der Waals surface area contributed by atoms with E-state index in [-0.39, 0.29) is 17.8 Å². The number of rotatable bonds is 6. The van der Waals surface area contributed by atoms with Gasteiger partial charge in [-0.1, -0.05) is 12.1 Å². The first-order chi connectivity index (χ1) is 15.0. The van der Waals surface area contributed by atoms with E-state index < -0.39 is 0 Å². The number of ether oxygens (including phenoxy) is 2. The molecule has 1 aliphatic rings. The molecule has 3 heterocycles. The molecule has 7 heteroatoms. The van der Waals surface area contributed by atoms with Crippen LogP contribution in [0.2, 0.25) is 0 Å². The Morgan fingerprint density at radius 1 is 1.19 bits per heavy atom. The Labute approximate surface area is 186 Å². The zero-order chi connectivity index (χ0) is 22.0. The fourth-order valence-corrected chi connectivity index (χ4v) is 5.16. The lowest BCUT2D eigenvalue weighted by Gasteiger charge is -2.31. The van der Waals surface area contributed by atoms with Gasteiger partial charge < -0.3 is 18.9 Å². The summed E-state index contributed by atoms with van der Waals surface area (Å²) in [5, 5.41) is 0. The van der Waals surface area contributed by atoms with Crippen LogP contribution in [0.25, 0.3) is 10.2 Å². The second kappa shape index (κ2) is 9.14. The van der Waals surface area contributed by atoms with E-state index in [0.717, 1.165) is 34.4 Å². The lowest BCUT2D eigenvalue weighted by Crippen LogP contribution is -2.43. The van der Waals surface area contributed by atoms with E-state index in [9.17, 15) is 9.59 Å². The van der Waals surface area contributed by atoms with Crippen molar-refractivity contribution >= 4 is 33.4 Å². The number of carbonyl (C=O) groups excluding carboxylic acids is 2. The summed E-state index contributed by atoms with van der Waals surface area (Å²) in [6.45, 7) is 5.93. The van der Waals surface area contributed by atoms with E-state index in [4.69, 9.17) is 9.47 Å². The Kier molecular flexibility index (Phi) is 6.32. The van der Waals surface area contributed by atoms with Gasteiger partial charge in [-0.2, -0.15) is 0 Å². The van der Waals surface area contributed by atoms with Crippen LogP contribution in [-0.4, -0.2) is 48.1 Å². The Bertz CT molecular complexity index is 1080. The number of methoxy groups -OCH3 is 1. The van der Waals surface area contributed by atoms with Crippen LogP contribution in [0.4, 0.5) is 0 Å². The maximum atomic E-state index is 13.5. The molecule has 3 aromatic rings. The van der Waals surface area contributed by atoms with Crippen molar-refractivity contribution in [3.8, 4) is 5.75 Å². The van der Waals surface area contributed by atoms with E-state index in [1.165, 1.54) is 4.88 Å². The van der Waals surface area contributed by atoms with E-state index >= 15 is 0 Å². The molecule has 1 atom stereocenters. The number of fused-ring (bicyclic) bond motifs is 1. The molecule has 1 saturated heterocycles. The number of esters is 1. The quantitative estimate of drug-likeness (QED) is 0.530. The number of thiophene rings is 1. The van der Waals surface area contributed by atoms with Crippen LogP contribution < -0.4 is 4.74 Å². The Hall–Kier alpha value is -2.80. The highest BCUT2D eigenvalue weighted by molar-refractivity contribution is 7.19. The van der Waals surface area contributed by atoms with Gasteiger partial charge in [0, 0.05) is 24.5 Å². The summed E-state index contributed by atoms with van der Waals surface area (Å²) in [6, 6.07) is 12.0. The number of amides is 1. The van der Waals surface area contributed by atoms with Crippen molar-refractivity contribution in [3.63, 3.8) is 0 Å². The van der Waals surface area contributed by atoms with Crippen molar-refractivity contribution in [2.24, 2.45) is 5.92 Å². The minimum atomic E-state index is -0.244. The number of hydrogen-bond acceptors (Lipinski definition) is 5. The Morgan fingerprint density at radius 3 is 2.68 bits per heavy atom. The summed E-state index contributed by atoms with van der Waals surface area (Å²) in [4.78, 5) is 28.8. The van der Waals surface area contributed by atoms with Crippen molar-refractivity contribution < 1.29 is 19.1 Å². The summed E-state index contributed by atoms with van der Waals surface area (Å²) in [5.41, 5.74) is 2.83. The highest BCUT2D eigenvalue weighted by atomic mass is 32.1. The third-order valence-corrected chi connectivity index (χ3v) is 6.75. The number of piperidine rings is 1. The standard InChI is InChI=1S/C24H28N2O4S/c1-4-30-24(28)18-6-5-11-25(15-18)23(27)21-13-22-20(12-16(2)31-22)26(21)14-17-7-9-19(29-3)10-8-17/h7-10,12-13,18H,4-6,11,14-15H2,1-3H3/t18-/m0/s1. The number of benzene rings is 1. The van der Waals surface area contributed by atoms with E-state index in [1.54, 1.807) is 23.3 Å². The maximum Gasteiger partial charge on any atom is 0.310 e. The Balaban J connectivity index is 1.63. The molecule has 1 aliphatic heterocycles. The zero-order valence-electron chi connectivity index (χ0n) is 18.2. The molecular weight excluding hydrogens is 412 g/mol. The van der Waals surface area contributed by atoms with Gasteiger partial charge in [0.1, 0.15) is 11.4 Å². The number of hydrogen-bond donors (Lipinski definition) is 0. The molecule has 0 radical (unpaired) electrons. The molecule has 2 aromatic heterocycles. The first-order valence-electron chi connectivity index (χ1n) is 10.7. The first kappa shape index (κ1) is 21.4. The first-order valence-corrected chi connectivity index (χ1v) is 11.5. The van der Waals surface area contributed by atoms with Gasteiger partial charge in [0.25, 0.3) is 5.91 Å². The molecule has 4 rings (SSSR count). The molecule has 1 aromatic carbocycles. The fraction of sp³-hybridized carbons (Fsp3) is 0.417. The highest BCUT2D eigenvalue weighted by Gasteiger charge is 2.31. The number of aryl methyl sites for hydroxylation is 1. The van der Waals surface area contributed by atoms with Crippen molar-refractivity contribution in [2.75, 3.05) is 26.8 Å². The third kappa shape index (κ3) is 4.46. The zero-order valence-corrected chi connectivity index (χ0v) is 19.0. The summed E-state index contributed by atoms with van der Waals surface area (Å²) in [7, 11) is 1.65. The molecule has 0 aliphatic carbocycles. The van der Waals surface area contributed by atoms with Gasteiger partial charge in [0.2, 0.25) is 0 Å². The molecule has 164 valence electrons. The molecule has 6 nitrogen and oxygen atoms in total. The SMILES string of the molecule is CCOC(=O)[C@H]1CCCN(C(=O)c2cc3sc(C)cc3n2Cc2ccc(OC)cc2)C1. The molecule has 1 fully saturated rings. The topological polar surface area (TPSA) is 60.8 Å². The Morgan fingerprint density at radius 2 is 1.97 bits per heavy atom. The van der Waals surface area contributed by atoms with Crippen molar-refractivity contribution in [1.29, 1.82) is 0 Å². The second-order valence-corrected chi connectivity index (χ2v) is 9.20. The van der Waals surface area contributed by atoms with Crippen LogP contribution in [0.15, 0.2) is 36.4 Å². The number of likely N-dealkylation sites (tertiary alicyclic amines) is 1. The lowest BCUT2D eigenvalue weighted by molar-refractivity contribution is -0.149. The van der Waals surface area contributed by atoms with Crippen LogP contribution in [0.5, 0.6) is 5.75 Å². The molecule has 0 N–H and O–H groups in total. The average Bonchev–Trinajstić information content (AvgIpc) is 3.30. The number of carbonyl (C=O) groups is 2. The summed E-state index contributed by atoms with van der Waals surface area (Å²) >= 11 is 1.69. The number of nitrogens with zero attached hydrogens (tertiary/aromatic N) is 2. The van der Waals surface area contributed by atoms with Crippen molar-refractivity contribution in [1.82, 2.24) is 9.47 Å². The van der Waals surface area contributed by atoms with E-state index in [0.29, 0.717) is 31.9 Å². The molecular formula is C24H28N2O4S. The van der Waals surface area contributed by atoms with Gasteiger partial charge in [0.15, 0.2) is 0 Å². The van der Waals surface area contributed by atoms with Crippen molar-refractivity contribution in [3.05, 3.63) is 52.5 Å². The summed E-state index contributed by atoms with van der Waals surface area (Å²) < 4.78 is 13.7. The summed E-state index contributed by atoms with van der Waals surface area (Å²) in [6.07, 6.45) is 1.58. The molecule has 0 spiro atoms. The highest BCUT2D eigenvalue weighted by Crippen LogP contribution is 2.31. The van der Waals surface area contributed by atoms with Gasteiger partial charge in [-0.3, -0.25) is 9.59 Å². The third-order valence-electron chi connectivity index (χ3n) is 5.76. The van der Waals surface area contributed by atoms with Gasteiger partial charge in [0.05, 0.1) is 29.9 Å². The van der Waals surface area contributed by atoms with Crippen LogP contribution in [0.3, 0.4) is 0 Å². The van der Waals surface area contributed by atoms with E-state index in [2.05, 4.69) is 17.6 Å². The predicted molar refractivity (Wildman–Crippen MR) is 122 cm³/mol. The maximum absolute atomic E-state index is 13.5. The van der Waals surface area contributed by atoms with Gasteiger partial charge in [-0.15, -0.1) is 11.3 Å². The largest absolute Gasteiger partial charge is 0.497 e. The predicted octanol–water partition coefficient (Wildman–Crippen LogP) is 4.48. The molecule has 0 bridgehead atoms. The van der Waals surface area contributed by atoms with Crippen molar-refractivity contribution in [2.45, 2.75) is 33.2 Å². The smallest absolute Gasteiger partial charge is 0.310 e. The normalized spacial score (nSPS) is 16.5. The fourth-order valence-electron chi connectivity index (χ4n) is 4.20. The molecule has 1 amide bonds. The number of aromatic nitrogens is 1. The minimum absolute atomic E-state index is 0.0245. The van der Waals surface area contributed by atoms with Crippen LogP contribution in [0.1, 0.15) is 40.7 Å². The minimum Gasteiger partial charge on any atom is -0.497 e. The van der Waals surface area contributed by atoms with Gasteiger partial charge in [-0.25, -0.2) is 0 Å². The second-order valence-electron chi connectivity index (χ2n) is 7.91. The van der Waals surface area contributed by atoms with Gasteiger partial charge in [-0.05, 0) is 56.5 Å². The van der Waals surface area contributed by atoms with E-state index in [1.807, 2.05) is 37.3 Å². The van der Waals surface area contributed by atoms with Crippen LogP contribution >= 0.6 is 11.3 Å². The van der Waals surface area contributed by atoms with Gasteiger partial charge >= 0.3 is 5.97 Å². The average molecular weight is 441 g/mol. The van der Waals surface area contributed by atoms with Crippen LogP contribution in [-0.2, 0) is 16.1 Å². The lowest BCUT2D eigenvalue weighted by atomic mass is 9.98. The molecule has 31 heavy (non-hydrogen) atoms. The monoisotopic (exact) mass is 440 g/mol. The molecule has 0 unspecified atom stereocenters.